The number of carbonyl (C=O) groups excluding carboxylic acids is 1. The fourth-order valence-corrected chi connectivity index (χ4v) is 2.78. The van der Waals surface area contributed by atoms with Crippen molar-refractivity contribution in [3.63, 3.8) is 0 Å². The van der Waals surface area contributed by atoms with Crippen LogP contribution >= 0.6 is 0 Å². The van der Waals surface area contributed by atoms with Gasteiger partial charge in [0, 0.05) is 5.56 Å². The number of anilines is 1. The van der Waals surface area contributed by atoms with Crippen molar-refractivity contribution in [1.82, 2.24) is 0 Å². The molecule has 0 saturated heterocycles. The van der Waals surface area contributed by atoms with E-state index in [0.717, 1.165) is 21.9 Å². The van der Waals surface area contributed by atoms with Crippen molar-refractivity contribution >= 4 is 22.4 Å². The summed E-state index contributed by atoms with van der Waals surface area (Å²) in [5.74, 6) is -0.400. The predicted octanol–water partition coefficient (Wildman–Crippen LogP) is 5.04. The van der Waals surface area contributed by atoms with Crippen LogP contribution in [-0.2, 0) is 4.74 Å². The quantitative estimate of drug-likeness (QED) is 0.531. The molecule has 3 nitrogen and oxygen atoms in total. The van der Waals surface area contributed by atoms with Crippen LogP contribution in [0, 0.1) is 0 Å². The maximum absolute atomic E-state index is 12.6. The molecule has 0 aromatic heterocycles. The number of esters is 1. The maximum atomic E-state index is 12.6. The molecule has 0 aliphatic heterocycles. The molecular weight excluding hydrogens is 298 g/mol. The highest BCUT2D eigenvalue weighted by Gasteiger charge is 2.22. The van der Waals surface area contributed by atoms with Crippen LogP contribution in [0.15, 0.2) is 60.7 Å². The number of carbonyl (C=O) groups is 1. The van der Waals surface area contributed by atoms with E-state index in [0.29, 0.717) is 11.3 Å². The van der Waals surface area contributed by atoms with Crippen molar-refractivity contribution < 1.29 is 9.53 Å². The molecule has 24 heavy (non-hydrogen) atoms. The van der Waals surface area contributed by atoms with Gasteiger partial charge in [-0.1, -0.05) is 54.6 Å². The highest BCUT2D eigenvalue weighted by molar-refractivity contribution is 6.10. The van der Waals surface area contributed by atoms with E-state index < -0.39 is 11.6 Å². The number of hydrogen-bond acceptors (Lipinski definition) is 3. The summed E-state index contributed by atoms with van der Waals surface area (Å²) in [5, 5.41) is 1.99. The minimum absolute atomic E-state index is 0.400. The van der Waals surface area contributed by atoms with E-state index in [1.54, 1.807) is 0 Å². The summed E-state index contributed by atoms with van der Waals surface area (Å²) in [5.41, 5.74) is 8.54. The zero-order valence-electron chi connectivity index (χ0n) is 14.2. The third-order valence-electron chi connectivity index (χ3n) is 3.77. The molecule has 3 heteroatoms. The summed E-state index contributed by atoms with van der Waals surface area (Å²) in [4.78, 5) is 12.6. The lowest BCUT2D eigenvalue weighted by molar-refractivity contribution is 0.00710. The van der Waals surface area contributed by atoms with Crippen LogP contribution < -0.4 is 5.73 Å². The molecule has 0 atom stereocenters. The van der Waals surface area contributed by atoms with Crippen molar-refractivity contribution in [3.8, 4) is 11.1 Å². The molecule has 3 aromatic carbocycles. The molecule has 122 valence electrons. The molecule has 0 unspecified atom stereocenters. The van der Waals surface area contributed by atoms with Gasteiger partial charge in [-0.15, -0.1) is 0 Å². The van der Waals surface area contributed by atoms with Gasteiger partial charge in [0.05, 0.1) is 11.3 Å². The molecule has 0 aliphatic rings. The number of hydrogen-bond donors (Lipinski definition) is 1. The molecule has 0 bridgehead atoms. The van der Waals surface area contributed by atoms with Gasteiger partial charge in [-0.25, -0.2) is 4.79 Å². The number of benzene rings is 3. The Morgan fingerprint density at radius 3 is 2.25 bits per heavy atom. The first-order valence-corrected chi connectivity index (χ1v) is 7.97. The van der Waals surface area contributed by atoms with E-state index in [1.807, 2.05) is 81.4 Å². The molecule has 0 aliphatic carbocycles. The lowest BCUT2D eigenvalue weighted by Gasteiger charge is -2.21. The molecule has 0 radical (unpaired) electrons. The summed E-state index contributed by atoms with van der Waals surface area (Å²) < 4.78 is 5.53. The summed E-state index contributed by atoms with van der Waals surface area (Å²) >= 11 is 0. The Bertz CT molecular complexity index is 893. The largest absolute Gasteiger partial charge is 0.456 e. The average molecular weight is 319 g/mol. The number of ether oxygens (including phenoxy) is 1. The Hall–Kier alpha value is -2.81. The lowest BCUT2D eigenvalue weighted by atomic mass is 9.93. The van der Waals surface area contributed by atoms with E-state index in [-0.39, 0.29) is 0 Å². The molecule has 3 rings (SSSR count). The average Bonchev–Trinajstić information content (AvgIpc) is 2.53. The molecule has 0 fully saturated rings. The van der Waals surface area contributed by atoms with Crippen LogP contribution in [0.3, 0.4) is 0 Å². The van der Waals surface area contributed by atoms with E-state index >= 15 is 0 Å². The molecule has 0 spiro atoms. The standard InChI is InChI=1S/C21H21NO2/c1-21(2,3)24-20(23)17-13-15-11-7-8-12-16(15)18(19(17)22)14-9-5-4-6-10-14/h4-13H,22H2,1-3H3. The molecule has 0 saturated carbocycles. The van der Waals surface area contributed by atoms with Gasteiger partial charge in [-0.2, -0.15) is 0 Å². The van der Waals surface area contributed by atoms with Gasteiger partial charge in [0.15, 0.2) is 0 Å². The highest BCUT2D eigenvalue weighted by atomic mass is 16.6. The van der Waals surface area contributed by atoms with Crippen molar-refractivity contribution in [2.75, 3.05) is 5.73 Å². The normalized spacial score (nSPS) is 11.5. The summed E-state index contributed by atoms with van der Waals surface area (Å²) in [6.45, 7) is 5.54. The monoisotopic (exact) mass is 319 g/mol. The zero-order chi connectivity index (χ0) is 17.3. The van der Waals surface area contributed by atoms with Crippen molar-refractivity contribution in [3.05, 3.63) is 66.2 Å². The molecular formula is C21H21NO2. The van der Waals surface area contributed by atoms with Crippen LogP contribution in [0.25, 0.3) is 21.9 Å². The highest BCUT2D eigenvalue weighted by Crippen LogP contribution is 2.37. The van der Waals surface area contributed by atoms with Gasteiger partial charge in [0.25, 0.3) is 0 Å². The number of fused-ring (bicyclic) bond motifs is 1. The molecule has 0 heterocycles. The number of nitrogen functional groups attached to an aromatic ring is 1. The fraction of sp³-hybridized carbons (Fsp3) is 0.190. The van der Waals surface area contributed by atoms with Gasteiger partial charge in [-0.05, 0) is 43.2 Å². The second-order valence-electron chi connectivity index (χ2n) is 6.80. The maximum Gasteiger partial charge on any atom is 0.340 e. The van der Waals surface area contributed by atoms with Gasteiger partial charge in [0.1, 0.15) is 5.60 Å². The number of rotatable bonds is 2. The Morgan fingerprint density at radius 2 is 1.58 bits per heavy atom. The minimum atomic E-state index is -0.567. The Balaban J connectivity index is 2.26. The lowest BCUT2D eigenvalue weighted by Crippen LogP contribution is -2.24. The smallest absolute Gasteiger partial charge is 0.340 e. The van der Waals surface area contributed by atoms with Crippen molar-refractivity contribution in [2.24, 2.45) is 0 Å². The van der Waals surface area contributed by atoms with Crippen LogP contribution in [0.4, 0.5) is 5.69 Å². The Morgan fingerprint density at radius 1 is 0.958 bits per heavy atom. The van der Waals surface area contributed by atoms with E-state index in [1.165, 1.54) is 0 Å². The molecule has 0 amide bonds. The topological polar surface area (TPSA) is 52.3 Å². The summed E-state index contributed by atoms with van der Waals surface area (Å²) in [6, 6.07) is 19.6. The first kappa shape index (κ1) is 16.1. The Labute approximate surface area is 142 Å². The van der Waals surface area contributed by atoms with E-state index in [9.17, 15) is 4.79 Å². The van der Waals surface area contributed by atoms with Gasteiger partial charge in [0.2, 0.25) is 0 Å². The predicted molar refractivity (Wildman–Crippen MR) is 99.0 cm³/mol. The third kappa shape index (κ3) is 3.11. The van der Waals surface area contributed by atoms with E-state index in [2.05, 4.69) is 0 Å². The second-order valence-corrected chi connectivity index (χ2v) is 6.80. The minimum Gasteiger partial charge on any atom is -0.456 e. The van der Waals surface area contributed by atoms with Crippen LogP contribution in [0.5, 0.6) is 0 Å². The van der Waals surface area contributed by atoms with Gasteiger partial charge >= 0.3 is 5.97 Å². The SMILES string of the molecule is CC(C)(C)OC(=O)c1cc2ccccc2c(-c2ccccc2)c1N. The van der Waals surface area contributed by atoms with Gasteiger partial charge in [-0.3, -0.25) is 0 Å². The van der Waals surface area contributed by atoms with E-state index in [4.69, 9.17) is 10.5 Å². The molecule has 3 aromatic rings. The first-order chi connectivity index (χ1) is 11.4. The first-order valence-electron chi connectivity index (χ1n) is 7.97. The van der Waals surface area contributed by atoms with Crippen LogP contribution in [0.2, 0.25) is 0 Å². The second kappa shape index (κ2) is 6.00. The van der Waals surface area contributed by atoms with Crippen LogP contribution in [-0.4, -0.2) is 11.6 Å². The van der Waals surface area contributed by atoms with Crippen LogP contribution in [0.1, 0.15) is 31.1 Å². The van der Waals surface area contributed by atoms with Crippen molar-refractivity contribution in [1.29, 1.82) is 0 Å². The Kier molecular flexibility index (Phi) is 4.02. The number of nitrogens with two attached hydrogens (primary N) is 1. The third-order valence-corrected chi connectivity index (χ3v) is 3.77. The summed E-state index contributed by atoms with van der Waals surface area (Å²) in [6.07, 6.45) is 0. The van der Waals surface area contributed by atoms with Gasteiger partial charge < -0.3 is 10.5 Å². The zero-order valence-corrected chi connectivity index (χ0v) is 14.2. The fourth-order valence-electron chi connectivity index (χ4n) is 2.78. The summed E-state index contributed by atoms with van der Waals surface area (Å²) in [7, 11) is 0. The van der Waals surface area contributed by atoms with Crippen molar-refractivity contribution in [2.45, 2.75) is 26.4 Å². The molecule has 2 N–H and O–H groups in total.